The van der Waals surface area contributed by atoms with Crippen LogP contribution in [-0.4, -0.2) is 22.1 Å². The standard InChI is InChI=1S/C26H36N4/c1-5-15-27-18-22(7-3)25-19-28-26-24(14-11-16-30(25)26)29-20(4)17-21(6-2)23-12-9-8-10-13-23/h6-7,11,14,16-19,23,29H,5,8-10,12-13,15H2,1-4H3/b20-17+,21-6+,22-7+,27-18?. The van der Waals surface area contributed by atoms with E-state index in [-0.39, 0.29) is 0 Å². The number of rotatable bonds is 8. The van der Waals surface area contributed by atoms with Gasteiger partial charge >= 0.3 is 0 Å². The van der Waals surface area contributed by atoms with E-state index in [2.05, 4.69) is 72.0 Å². The van der Waals surface area contributed by atoms with Crippen molar-refractivity contribution in [3.05, 3.63) is 59.7 Å². The van der Waals surface area contributed by atoms with Gasteiger partial charge in [-0.1, -0.05) is 38.3 Å². The Hall–Kier alpha value is -2.62. The van der Waals surface area contributed by atoms with Gasteiger partial charge in [-0.2, -0.15) is 0 Å². The average molecular weight is 405 g/mol. The molecule has 0 aliphatic heterocycles. The van der Waals surface area contributed by atoms with E-state index >= 15 is 0 Å². The summed E-state index contributed by atoms with van der Waals surface area (Å²) in [5.74, 6) is 0.703. The molecule has 0 bridgehead atoms. The summed E-state index contributed by atoms with van der Waals surface area (Å²) in [4.78, 5) is 9.23. The zero-order valence-electron chi connectivity index (χ0n) is 19.0. The number of pyridine rings is 1. The highest BCUT2D eigenvalue weighted by Gasteiger charge is 2.16. The van der Waals surface area contributed by atoms with Crippen molar-refractivity contribution in [1.29, 1.82) is 0 Å². The fraction of sp³-hybridized carbons (Fsp3) is 0.462. The maximum Gasteiger partial charge on any atom is 0.161 e. The lowest BCUT2D eigenvalue weighted by Gasteiger charge is -2.23. The third-order valence-electron chi connectivity index (χ3n) is 5.85. The number of nitrogens with zero attached hydrogens (tertiary/aromatic N) is 3. The van der Waals surface area contributed by atoms with Crippen molar-refractivity contribution in [2.45, 2.75) is 66.2 Å². The Kier molecular flexibility index (Phi) is 8.06. The molecule has 3 rings (SSSR count). The number of allylic oxidation sites excluding steroid dienone is 6. The highest BCUT2D eigenvalue weighted by atomic mass is 15.0. The third-order valence-corrected chi connectivity index (χ3v) is 5.85. The van der Waals surface area contributed by atoms with Gasteiger partial charge in [0.1, 0.15) is 0 Å². The van der Waals surface area contributed by atoms with Crippen molar-refractivity contribution in [2.75, 3.05) is 11.9 Å². The van der Waals surface area contributed by atoms with Gasteiger partial charge in [-0.3, -0.25) is 9.39 Å². The summed E-state index contributed by atoms with van der Waals surface area (Å²) < 4.78 is 2.14. The Balaban J connectivity index is 1.84. The molecule has 1 aliphatic rings. The van der Waals surface area contributed by atoms with Crippen LogP contribution >= 0.6 is 0 Å². The van der Waals surface area contributed by atoms with Crippen LogP contribution in [0, 0.1) is 5.92 Å². The lowest BCUT2D eigenvalue weighted by atomic mass is 9.83. The first kappa shape index (κ1) is 22.1. The SMILES string of the molecule is C/C=C(\C=NCCC)c1cnc2c(N/C(C)=C/C(=C\C)C3CCCCC3)cccn12. The van der Waals surface area contributed by atoms with Crippen molar-refractivity contribution in [1.82, 2.24) is 9.38 Å². The topological polar surface area (TPSA) is 41.7 Å². The van der Waals surface area contributed by atoms with Crippen LogP contribution in [0.2, 0.25) is 0 Å². The predicted octanol–water partition coefficient (Wildman–Crippen LogP) is 7.06. The van der Waals surface area contributed by atoms with Crippen LogP contribution in [0.4, 0.5) is 5.69 Å². The molecule has 0 aromatic carbocycles. The van der Waals surface area contributed by atoms with E-state index < -0.39 is 0 Å². The van der Waals surface area contributed by atoms with Crippen molar-refractivity contribution in [3.8, 4) is 0 Å². The molecule has 4 nitrogen and oxygen atoms in total. The van der Waals surface area contributed by atoms with Crippen molar-refractivity contribution in [3.63, 3.8) is 0 Å². The van der Waals surface area contributed by atoms with Gasteiger partial charge < -0.3 is 5.32 Å². The normalized spacial score (nSPS) is 17.3. The van der Waals surface area contributed by atoms with Gasteiger partial charge in [-0.05, 0) is 69.7 Å². The van der Waals surface area contributed by atoms with Crippen LogP contribution in [0.3, 0.4) is 0 Å². The first-order chi connectivity index (χ1) is 14.7. The lowest BCUT2D eigenvalue weighted by molar-refractivity contribution is 0.408. The molecule has 1 N–H and O–H groups in total. The molecule has 4 heteroatoms. The monoisotopic (exact) mass is 404 g/mol. The molecule has 2 aromatic heterocycles. The van der Waals surface area contributed by atoms with Crippen LogP contribution in [0.5, 0.6) is 0 Å². The molecule has 1 saturated carbocycles. The first-order valence-electron chi connectivity index (χ1n) is 11.4. The molecule has 0 radical (unpaired) electrons. The largest absolute Gasteiger partial charge is 0.356 e. The van der Waals surface area contributed by atoms with Crippen LogP contribution in [0.15, 0.2) is 59.0 Å². The molecule has 2 heterocycles. The zero-order chi connectivity index (χ0) is 21.3. The third kappa shape index (κ3) is 5.29. The number of fused-ring (bicyclic) bond motifs is 1. The molecule has 0 unspecified atom stereocenters. The Morgan fingerprint density at radius 1 is 1.23 bits per heavy atom. The van der Waals surface area contributed by atoms with E-state index in [1.165, 1.54) is 37.7 Å². The molecule has 2 aromatic rings. The van der Waals surface area contributed by atoms with Gasteiger partial charge in [0, 0.05) is 30.2 Å². The molecule has 1 fully saturated rings. The summed E-state index contributed by atoms with van der Waals surface area (Å²) in [6, 6.07) is 4.17. The highest BCUT2D eigenvalue weighted by Crippen LogP contribution is 2.31. The number of aliphatic imine (C=N–C) groups is 1. The minimum absolute atomic E-state index is 0.703. The molecular formula is C26H36N4. The summed E-state index contributed by atoms with van der Waals surface area (Å²) in [6.07, 6.45) is 20.4. The van der Waals surface area contributed by atoms with Gasteiger partial charge in [0.15, 0.2) is 5.65 Å². The summed E-state index contributed by atoms with van der Waals surface area (Å²) in [5.41, 5.74) is 6.73. The van der Waals surface area contributed by atoms with Crippen molar-refractivity contribution < 1.29 is 0 Å². The average Bonchev–Trinajstić information content (AvgIpc) is 3.21. The quantitative estimate of drug-likeness (QED) is 0.378. The highest BCUT2D eigenvalue weighted by molar-refractivity contribution is 6.09. The lowest BCUT2D eigenvalue weighted by Crippen LogP contribution is -2.09. The van der Waals surface area contributed by atoms with Crippen LogP contribution in [0.1, 0.15) is 71.9 Å². The number of nitrogens with one attached hydrogen (secondary N) is 1. The molecule has 0 atom stereocenters. The smallest absolute Gasteiger partial charge is 0.161 e. The maximum atomic E-state index is 4.71. The minimum Gasteiger partial charge on any atom is -0.356 e. The van der Waals surface area contributed by atoms with E-state index in [1.807, 2.05) is 19.3 Å². The summed E-state index contributed by atoms with van der Waals surface area (Å²) in [5, 5.41) is 3.60. The van der Waals surface area contributed by atoms with Crippen molar-refractivity contribution in [2.24, 2.45) is 10.9 Å². The summed E-state index contributed by atoms with van der Waals surface area (Å²) in [7, 11) is 0. The Morgan fingerprint density at radius 2 is 2.03 bits per heavy atom. The number of aromatic nitrogens is 2. The second-order valence-electron chi connectivity index (χ2n) is 8.11. The van der Waals surface area contributed by atoms with E-state index in [0.717, 1.165) is 41.3 Å². The summed E-state index contributed by atoms with van der Waals surface area (Å²) >= 11 is 0. The van der Waals surface area contributed by atoms with Gasteiger partial charge in [0.05, 0.1) is 17.6 Å². The molecule has 1 aliphatic carbocycles. The van der Waals surface area contributed by atoms with Crippen molar-refractivity contribution >= 4 is 23.1 Å². The number of anilines is 1. The molecule has 0 spiro atoms. The number of imidazole rings is 1. The predicted molar refractivity (Wildman–Crippen MR) is 130 cm³/mol. The van der Waals surface area contributed by atoms with Crippen LogP contribution in [-0.2, 0) is 0 Å². The molecule has 30 heavy (non-hydrogen) atoms. The van der Waals surface area contributed by atoms with Gasteiger partial charge in [-0.15, -0.1) is 0 Å². The number of hydrogen-bond donors (Lipinski definition) is 1. The molecule has 160 valence electrons. The fourth-order valence-corrected chi connectivity index (χ4v) is 4.27. The molecular weight excluding hydrogens is 368 g/mol. The first-order valence-corrected chi connectivity index (χ1v) is 11.4. The Morgan fingerprint density at radius 3 is 2.73 bits per heavy atom. The van der Waals surface area contributed by atoms with Crippen LogP contribution < -0.4 is 5.32 Å². The van der Waals surface area contributed by atoms with Gasteiger partial charge in [0.2, 0.25) is 0 Å². The van der Waals surface area contributed by atoms with Crippen LogP contribution in [0.25, 0.3) is 11.2 Å². The molecule has 0 saturated heterocycles. The fourth-order valence-electron chi connectivity index (χ4n) is 4.27. The van der Waals surface area contributed by atoms with E-state index in [1.54, 1.807) is 0 Å². The Bertz CT molecular complexity index is 953. The summed E-state index contributed by atoms with van der Waals surface area (Å²) in [6.45, 7) is 9.34. The minimum atomic E-state index is 0.703. The number of hydrogen-bond acceptors (Lipinski definition) is 3. The second-order valence-corrected chi connectivity index (χ2v) is 8.11. The molecule has 0 amide bonds. The second kappa shape index (κ2) is 11.0. The van der Waals surface area contributed by atoms with E-state index in [9.17, 15) is 0 Å². The Labute approximate surface area is 181 Å². The van der Waals surface area contributed by atoms with Gasteiger partial charge in [-0.25, -0.2) is 4.98 Å². The van der Waals surface area contributed by atoms with Gasteiger partial charge in [0.25, 0.3) is 0 Å². The maximum absolute atomic E-state index is 4.71. The van der Waals surface area contributed by atoms with E-state index in [4.69, 9.17) is 4.98 Å². The zero-order valence-corrected chi connectivity index (χ0v) is 19.0. The van der Waals surface area contributed by atoms with E-state index in [0.29, 0.717) is 5.92 Å².